The Morgan fingerprint density at radius 2 is 2.28 bits per heavy atom. The maximum absolute atomic E-state index is 13.6. The van der Waals surface area contributed by atoms with Crippen LogP contribution in [0.1, 0.15) is 31.7 Å². The Labute approximate surface area is 108 Å². The van der Waals surface area contributed by atoms with Gasteiger partial charge in [0.2, 0.25) is 0 Å². The second-order valence-corrected chi connectivity index (χ2v) is 4.78. The molecule has 1 aliphatic rings. The van der Waals surface area contributed by atoms with Crippen LogP contribution in [0, 0.1) is 5.82 Å². The minimum Gasteiger partial charge on any atom is -0.491 e. The van der Waals surface area contributed by atoms with Crippen LogP contribution in [0.25, 0.3) is 0 Å². The molecule has 0 amide bonds. The minimum atomic E-state index is -0.299. The van der Waals surface area contributed by atoms with Crippen molar-refractivity contribution in [2.45, 2.75) is 44.8 Å². The van der Waals surface area contributed by atoms with Gasteiger partial charge < -0.3 is 15.8 Å². The highest BCUT2D eigenvalue weighted by Gasteiger charge is 2.22. The molecule has 4 heteroatoms. The molecule has 1 saturated carbocycles. The highest BCUT2D eigenvalue weighted by molar-refractivity contribution is 5.29. The first-order valence-corrected chi connectivity index (χ1v) is 6.61. The van der Waals surface area contributed by atoms with Crippen LogP contribution in [0.3, 0.4) is 0 Å². The third-order valence-corrected chi connectivity index (χ3v) is 3.43. The van der Waals surface area contributed by atoms with Gasteiger partial charge in [0.15, 0.2) is 11.6 Å². The average molecular weight is 252 g/mol. The summed E-state index contributed by atoms with van der Waals surface area (Å²) in [4.78, 5) is 0. The van der Waals surface area contributed by atoms with E-state index in [2.05, 4.69) is 5.32 Å². The van der Waals surface area contributed by atoms with E-state index >= 15 is 0 Å². The first kappa shape index (κ1) is 13.3. The van der Waals surface area contributed by atoms with Gasteiger partial charge in [-0.25, -0.2) is 4.39 Å². The molecule has 2 atom stereocenters. The van der Waals surface area contributed by atoms with E-state index in [1.807, 2.05) is 13.0 Å². The van der Waals surface area contributed by atoms with E-state index in [1.165, 1.54) is 12.5 Å². The normalized spacial score (nSPS) is 23.3. The van der Waals surface area contributed by atoms with Crippen molar-refractivity contribution in [2.75, 3.05) is 6.61 Å². The van der Waals surface area contributed by atoms with E-state index < -0.39 is 0 Å². The Hall–Kier alpha value is -1.13. The summed E-state index contributed by atoms with van der Waals surface area (Å²) in [5.41, 5.74) is 6.91. The molecule has 3 N–H and O–H groups in total. The molecule has 1 aliphatic carbocycles. The van der Waals surface area contributed by atoms with E-state index in [0.717, 1.165) is 18.4 Å². The molecule has 1 aromatic rings. The first-order valence-electron chi connectivity index (χ1n) is 6.61. The second kappa shape index (κ2) is 6.16. The molecule has 2 rings (SSSR count). The molecule has 100 valence electrons. The van der Waals surface area contributed by atoms with Gasteiger partial charge in [-0.2, -0.15) is 0 Å². The largest absolute Gasteiger partial charge is 0.491 e. The fourth-order valence-corrected chi connectivity index (χ4v) is 2.42. The van der Waals surface area contributed by atoms with Crippen molar-refractivity contribution in [3.8, 4) is 5.75 Å². The van der Waals surface area contributed by atoms with Gasteiger partial charge in [-0.15, -0.1) is 0 Å². The van der Waals surface area contributed by atoms with Gasteiger partial charge in [-0.1, -0.05) is 12.5 Å². The number of rotatable bonds is 5. The lowest BCUT2D eigenvalue weighted by Gasteiger charge is -2.17. The van der Waals surface area contributed by atoms with Crippen LogP contribution < -0.4 is 15.8 Å². The van der Waals surface area contributed by atoms with Gasteiger partial charge in [-0.3, -0.25) is 0 Å². The zero-order valence-corrected chi connectivity index (χ0v) is 10.8. The fraction of sp³-hybridized carbons (Fsp3) is 0.571. The van der Waals surface area contributed by atoms with Gasteiger partial charge in [-0.05, 0) is 37.5 Å². The Kier molecular flexibility index (Phi) is 4.55. The van der Waals surface area contributed by atoms with Crippen LogP contribution in [-0.4, -0.2) is 18.7 Å². The minimum absolute atomic E-state index is 0.234. The zero-order valence-electron chi connectivity index (χ0n) is 10.8. The number of hydrogen-bond donors (Lipinski definition) is 2. The molecule has 0 heterocycles. The van der Waals surface area contributed by atoms with Crippen LogP contribution in [0.15, 0.2) is 18.2 Å². The van der Waals surface area contributed by atoms with Crippen LogP contribution in [-0.2, 0) is 6.54 Å². The molecule has 0 spiro atoms. The predicted octanol–water partition coefficient (Wildman–Crippen LogP) is 2.19. The van der Waals surface area contributed by atoms with Crippen LogP contribution in [0.4, 0.5) is 4.39 Å². The number of ether oxygens (including phenoxy) is 1. The SMILES string of the molecule is CCOc1ccc(CNC2CCCC2N)cc1F. The van der Waals surface area contributed by atoms with Crippen molar-refractivity contribution in [2.24, 2.45) is 5.73 Å². The molecule has 0 radical (unpaired) electrons. The van der Waals surface area contributed by atoms with Crippen molar-refractivity contribution >= 4 is 0 Å². The van der Waals surface area contributed by atoms with E-state index in [0.29, 0.717) is 24.9 Å². The topological polar surface area (TPSA) is 47.3 Å². The van der Waals surface area contributed by atoms with E-state index in [-0.39, 0.29) is 11.9 Å². The van der Waals surface area contributed by atoms with Crippen molar-refractivity contribution in [1.29, 1.82) is 0 Å². The predicted molar refractivity (Wildman–Crippen MR) is 70.0 cm³/mol. The summed E-state index contributed by atoms with van der Waals surface area (Å²) in [6, 6.07) is 5.70. The highest BCUT2D eigenvalue weighted by atomic mass is 19.1. The monoisotopic (exact) mass is 252 g/mol. The summed E-state index contributed by atoms with van der Waals surface area (Å²) in [7, 11) is 0. The third kappa shape index (κ3) is 3.21. The van der Waals surface area contributed by atoms with Crippen LogP contribution >= 0.6 is 0 Å². The van der Waals surface area contributed by atoms with Crippen molar-refractivity contribution < 1.29 is 9.13 Å². The van der Waals surface area contributed by atoms with Gasteiger partial charge >= 0.3 is 0 Å². The fourth-order valence-electron chi connectivity index (χ4n) is 2.42. The maximum Gasteiger partial charge on any atom is 0.165 e. The molecule has 0 aliphatic heterocycles. The molecule has 18 heavy (non-hydrogen) atoms. The Morgan fingerprint density at radius 1 is 1.44 bits per heavy atom. The standard InChI is InChI=1S/C14H21FN2O/c1-2-18-14-7-6-10(8-11(14)15)9-17-13-5-3-4-12(13)16/h6-8,12-13,17H,2-5,9,16H2,1H3. The molecule has 2 unspecified atom stereocenters. The third-order valence-electron chi connectivity index (χ3n) is 3.43. The van der Waals surface area contributed by atoms with Gasteiger partial charge in [0.25, 0.3) is 0 Å². The molecule has 0 aromatic heterocycles. The molecule has 1 fully saturated rings. The lowest BCUT2D eigenvalue weighted by molar-refractivity contribution is 0.321. The summed E-state index contributed by atoms with van der Waals surface area (Å²) in [5, 5.41) is 3.39. The van der Waals surface area contributed by atoms with Gasteiger partial charge in [0, 0.05) is 18.6 Å². The Morgan fingerprint density at radius 3 is 2.89 bits per heavy atom. The molecule has 3 nitrogen and oxygen atoms in total. The van der Waals surface area contributed by atoms with Crippen molar-refractivity contribution in [3.63, 3.8) is 0 Å². The number of nitrogens with two attached hydrogens (primary N) is 1. The van der Waals surface area contributed by atoms with Gasteiger partial charge in [0.05, 0.1) is 6.61 Å². The van der Waals surface area contributed by atoms with Crippen molar-refractivity contribution in [3.05, 3.63) is 29.6 Å². The summed E-state index contributed by atoms with van der Waals surface area (Å²) in [5.74, 6) is 0.0192. The first-order chi connectivity index (χ1) is 8.70. The van der Waals surface area contributed by atoms with Crippen molar-refractivity contribution in [1.82, 2.24) is 5.32 Å². The summed E-state index contributed by atoms with van der Waals surface area (Å²) < 4.78 is 18.8. The van der Waals surface area contributed by atoms with E-state index in [9.17, 15) is 4.39 Å². The maximum atomic E-state index is 13.6. The lowest BCUT2D eigenvalue weighted by atomic mass is 10.1. The second-order valence-electron chi connectivity index (χ2n) is 4.78. The number of halogens is 1. The molecular formula is C14H21FN2O. The zero-order chi connectivity index (χ0) is 13.0. The lowest BCUT2D eigenvalue weighted by Crippen LogP contribution is -2.40. The smallest absolute Gasteiger partial charge is 0.165 e. The van der Waals surface area contributed by atoms with Gasteiger partial charge in [0.1, 0.15) is 0 Å². The molecule has 0 bridgehead atoms. The number of hydrogen-bond acceptors (Lipinski definition) is 3. The van der Waals surface area contributed by atoms with E-state index in [4.69, 9.17) is 10.5 Å². The van der Waals surface area contributed by atoms with Crippen LogP contribution in [0.2, 0.25) is 0 Å². The Balaban J connectivity index is 1.91. The quantitative estimate of drug-likeness (QED) is 0.844. The summed E-state index contributed by atoms with van der Waals surface area (Å²) in [6.45, 7) is 2.98. The van der Waals surface area contributed by atoms with E-state index in [1.54, 1.807) is 6.07 Å². The number of benzene rings is 1. The average Bonchev–Trinajstić information content (AvgIpc) is 2.76. The van der Waals surface area contributed by atoms with Crippen LogP contribution in [0.5, 0.6) is 5.75 Å². The molecule has 1 aromatic carbocycles. The summed E-state index contributed by atoms with van der Waals surface area (Å²) >= 11 is 0. The molecular weight excluding hydrogens is 231 g/mol. The highest BCUT2D eigenvalue weighted by Crippen LogP contribution is 2.20. The number of nitrogens with one attached hydrogen (secondary N) is 1. The Bertz CT molecular complexity index is 397. The summed E-state index contributed by atoms with van der Waals surface area (Å²) in [6.07, 6.45) is 3.37. The molecule has 0 saturated heterocycles.